The van der Waals surface area contributed by atoms with Gasteiger partial charge in [-0.15, -0.1) is 4.36 Å². The molecule has 2 aliphatic carbocycles. The number of nitrogens with zero attached hydrogens (tertiary/aromatic N) is 4. The first-order chi connectivity index (χ1) is 25.5. The molecule has 3 heterocycles. The third-order valence-electron chi connectivity index (χ3n) is 9.48. The number of benzene rings is 2. The van der Waals surface area contributed by atoms with Gasteiger partial charge >= 0.3 is 12.2 Å². The van der Waals surface area contributed by atoms with Crippen LogP contribution >= 0.6 is 0 Å². The fraction of sp³-hybridized carbons (Fsp3) is 0.390. The minimum Gasteiger partial charge on any atom is -0.495 e. The molecular formula is C41H43N5O7S. The number of carbonyl (C=O) groups is 3. The van der Waals surface area contributed by atoms with E-state index in [1.54, 1.807) is 78.2 Å². The van der Waals surface area contributed by atoms with Gasteiger partial charge < -0.3 is 19.5 Å². The number of nitrogens with one attached hydrogen (secondary N) is 1. The number of hydrogen-bond donors (Lipinski definition) is 1. The van der Waals surface area contributed by atoms with Gasteiger partial charge in [0.2, 0.25) is 5.91 Å². The summed E-state index contributed by atoms with van der Waals surface area (Å²) in [6.07, 6.45) is 5.52. The van der Waals surface area contributed by atoms with Gasteiger partial charge in [-0.25, -0.2) is 28.7 Å². The highest BCUT2D eigenvalue weighted by Gasteiger charge is 2.56. The van der Waals surface area contributed by atoms with Crippen molar-refractivity contribution in [2.75, 3.05) is 17.3 Å². The molecule has 280 valence electrons. The number of fused-ring (bicyclic) bond motifs is 3. The maximum atomic E-state index is 14.1. The summed E-state index contributed by atoms with van der Waals surface area (Å²) in [6.45, 7) is 10.5. The molecule has 1 spiro atoms. The third-order valence-corrected chi connectivity index (χ3v) is 12.2. The number of ether oxygens (including phenoxy) is 3. The van der Waals surface area contributed by atoms with E-state index in [0.29, 0.717) is 64.8 Å². The van der Waals surface area contributed by atoms with Crippen LogP contribution < -0.4 is 15.0 Å². The number of carbonyl (C=O) groups excluding carboxylic acids is 3. The van der Waals surface area contributed by atoms with Crippen molar-refractivity contribution in [3.63, 3.8) is 0 Å². The van der Waals surface area contributed by atoms with E-state index in [0.717, 1.165) is 22.8 Å². The minimum absolute atomic E-state index is 0.245. The van der Waals surface area contributed by atoms with Gasteiger partial charge in [0.25, 0.3) is 0 Å². The Bertz CT molecular complexity index is 2400. The second-order valence-electron chi connectivity index (χ2n) is 15.8. The van der Waals surface area contributed by atoms with E-state index in [4.69, 9.17) is 14.2 Å². The lowest BCUT2D eigenvalue weighted by atomic mass is 9.65. The van der Waals surface area contributed by atoms with Gasteiger partial charge in [-0.3, -0.25) is 4.79 Å². The molecule has 2 aromatic heterocycles. The van der Waals surface area contributed by atoms with Crippen molar-refractivity contribution in [1.29, 1.82) is 0 Å². The van der Waals surface area contributed by atoms with E-state index in [1.807, 2.05) is 24.3 Å². The number of aromatic nitrogens is 2. The van der Waals surface area contributed by atoms with E-state index in [1.165, 1.54) is 12.0 Å². The van der Waals surface area contributed by atoms with Crippen LogP contribution in [0.4, 0.5) is 26.8 Å². The number of rotatable bonds is 5. The number of methoxy groups -OCH3 is 1. The number of imide groups is 1. The molecule has 1 N–H and O–H groups in total. The first kappa shape index (κ1) is 36.9. The smallest absolute Gasteiger partial charge is 0.442 e. The van der Waals surface area contributed by atoms with Crippen LogP contribution in [0.3, 0.4) is 0 Å². The lowest BCUT2D eigenvalue weighted by molar-refractivity contribution is -0.125. The lowest BCUT2D eigenvalue weighted by Crippen LogP contribution is -2.48. The van der Waals surface area contributed by atoms with Gasteiger partial charge in [-0.1, -0.05) is 18.4 Å². The molecule has 13 heteroatoms. The van der Waals surface area contributed by atoms with Gasteiger partial charge in [0, 0.05) is 34.0 Å². The zero-order valence-corrected chi connectivity index (χ0v) is 32.3. The Morgan fingerprint density at radius 1 is 0.963 bits per heavy atom. The van der Waals surface area contributed by atoms with Gasteiger partial charge in [-0.2, -0.15) is 0 Å². The predicted octanol–water partition coefficient (Wildman–Crippen LogP) is 8.41. The summed E-state index contributed by atoms with van der Waals surface area (Å²) in [5.74, 6) is 7.00. The SMILES string of the molecule is COc1cc(S(=O)(=NC(=O)OC(C)(C)C)C2CC2)ccc1Nc1cc2c(C#Cc3ccc4c(c3)N(C(=O)OC(C)(C)C)C(=O)C43CCC3)nccc2cn1. The Hall–Kier alpha value is -5.48. The van der Waals surface area contributed by atoms with Crippen LogP contribution in [0.5, 0.6) is 5.75 Å². The van der Waals surface area contributed by atoms with Crippen LogP contribution in [-0.2, 0) is 29.4 Å². The molecule has 2 fully saturated rings. The molecule has 1 unspecified atom stereocenters. The Kier molecular flexibility index (Phi) is 9.16. The minimum atomic E-state index is -3.09. The Labute approximate surface area is 315 Å². The lowest BCUT2D eigenvalue weighted by Gasteiger charge is -2.36. The topological polar surface area (TPSA) is 149 Å². The molecule has 2 aromatic carbocycles. The zero-order valence-electron chi connectivity index (χ0n) is 31.4. The van der Waals surface area contributed by atoms with Crippen LogP contribution in [0.2, 0.25) is 0 Å². The van der Waals surface area contributed by atoms with Crippen molar-refractivity contribution >= 4 is 55.8 Å². The summed E-state index contributed by atoms with van der Waals surface area (Å²) >= 11 is 0. The summed E-state index contributed by atoms with van der Waals surface area (Å²) < 4.78 is 34.9. The van der Waals surface area contributed by atoms with Crippen LogP contribution in [-0.4, -0.2) is 55.8 Å². The van der Waals surface area contributed by atoms with Gasteiger partial charge in [0.15, 0.2) is 0 Å². The zero-order chi connectivity index (χ0) is 38.6. The first-order valence-corrected chi connectivity index (χ1v) is 19.5. The highest BCUT2D eigenvalue weighted by Crippen LogP contribution is 2.54. The standard InChI is InChI=1S/C41H43N5O7S/c1-39(2,3)52-37(48)45-54(50,27-11-12-27)28-13-16-32(34(22-28)51-7)44-35-23-29-26(24-43-35)17-20-42-31(29)15-10-25-9-14-30-33(21-25)46(38(49)53-40(4,5)6)36(47)41(30)18-8-19-41/h9,13-14,16-17,20-24,27H,8,11-12,18-19H2,1-7H3,(H,43,44). The maximum Gasteiger partial charge on any atom is 0.442 e. The summed E-state index contributed by atoms with van der Waals surface area (Å²) in [6, 6.07) is 14.3. The molecule has 1 aliphatic heterocycles. The van der Waals surface area contributed by atoms with Gasteiger partial charge in [-0.05, 0) is 121 Å². The molecule has 12 nitrogen and oxygen atoms in total. The van der Waals surface area contributed by atoms with E-state index >= 15 is 0 Å². The Morgan fingerprint density at radius 3 is 2.35 bits per heavy atom. The average molecular weight is 750 g/mol. The van der Waals surface area contributed by atoms with Crippen molar-refractivity contribution in [1.82, 2.24) is 9.97 Å². The average Bonchev–Trinajstić information content (AvgIpc) is 3.89. The molecule has 3 amide bonds. The summed E-state index contributed by atoms with van der Waals surface area (Å²) in [5.41, 5.74) is 0.794. The van der Waals surface area contributed by atoms with Crippen LogP contribution in [0, 0.1) is 11.8 Å². The van der Waals surface area contributed by atoms with Crippen molar-refractivity contribution in [3.05, 3.63) is 77.7 Å². The van der Waals surface area contributed by atoms with Gasteiger partial charge in [0.05, 0.1) is 38.5 Å². The number of hydrogen-bond acceptors (Lipinski definition) is 10. The van der Waals surface area contributed by atoms with Crippen molar-refractivity contribution in [3.8, 4) is 17.6 Å². The van der Waals surface area contributed by atoms with Gasteiger partial charge in [0.1, 0.15) is 28.5 Å². The summed E-state index contributed by atoms with van der Waals surface area (Å²) in [5, 5.41) is 4.60. The molecule has 0 radical (unpaired) electrons. The van der Waals surface area contributed by atoms with Crippen LogP contribution in [0.15, 0.2) is 70.2 Å². The van der Waals surface area contributed by atoms with Crippen molar-refractivity contribution in [2.45, 2.75) is 100 Å². The fourth-order valence-electron chi connectivity index (χ4n) is 6.70. The van der Waals surface area contributed by atoms with Crippen LogP contribution in [0.25, 0.3) is 10.8 Å². The summed E-state index contributed by atoms with van der Waals surface area (Å²) in [4.78, 5) is 50.2. The fourth-order valence-corrected chi connectivity index (χ4v) is 8.91. The molecule has 0 bridgehead atoms. The maximum absolute atomic E-state index is 14.1. The monoisotopic (exact) mass is 749 g/mol. The second kappa shape index (κ2) is 13.4. The number of amides is 3. The normalized spacial score (nSPS) is 17.1. The number of anilines is 3. The molecule has 1 atom stereocenters. The third kappa shape index (κ3) is 7.10. The van der Waals surface area contributed by atoms with E-state index < -0.39 is 38.5 Å². The Morgan fingerprint density at radius 2 is 1.70 bits per heavy atom. The van der Waals surface area contributed by atoms with Crippen molar-refractivity contribution in [2.24, 2.45) is 4.36 Å². The molecule has 2 saturated carbocycles. The molecule has 3 aliphatic rings. The quantitative estimate of drug-likeness (QED) is 0.197. The summed E-state index contributed by atoms with van der Waals surface area (Å²) in [7, 11) is -1.59. The predicted molar refractivity (Wildman–Crippen MR) is 206 cm³/mol. The molecule has 7 rings (SSSR count). The van der Waals surface area contributed by atoms with E-state index in [-0.39, 0.29) is 11.2 Å². The Balaban J connectivity index is 1.18. The molecule has 0 saturated heterocycles. The highest BCUT2D eigenvalue weighted by molar-refractivity contribution is 7.94. The first-order valence-electron chi connectivity index (χ1n) is 17.9. The van der Waals surface area contributed by atoms with Crippen LogP contribution in [0.1, 0.15) is 90.5 Å². The second-order valence-corrected chi connectivity index (χ2v) is 18.3. The molecule has 54 heavy (non-hydrogen) atoms. The largest absolute Gasteiger partial charge is 0.495 e. The highest BCUT2D eigenvalue weighted by atomic mass is 32.2. The molecule has 4 aromatic rings. The molecular weight excluding hydrogens is 707 g/mol. The van der Waals surface area contributed by atoms with Crippen molar-refractivity contribution < 1.29 is 32.8 Å². The number of pyridine rings is 2. The van der Waals surface area contributed by atoms with E-state index in [2.05, 4.69) is 31.5 Å². The van der Waals surface area contributed by atoms with E-state index in [9.17, 15) is 18.6 Å².